The molecule has 1 aromatic rings. The fourth-order valence-corrected chi connectivity index (χ4v) is 4.42. The summed E-state index contributed by atoms with van der Waals surface area (Å²) in [4.78, 5) is 15.1. The Morgan fingerprint density at radius 2 is 1.95 bits per heavy atom. The number of nitrogens with zero attached hydrogens (tertiary/aromatic N) is 1. The first-order valence-electron chi connectivity index (χ1n) is 7.84. The van der Waals surface area contributed by atoms with Crippen molar-refractivity contribution in [1.82, 2.24) is 10.2 Å². The van der Waals surface area contributed by atoms with Crippen molar-refractivity contribution in [2.24, 2.45) is 0 Å². The second-order valence-corrected chi connectivity index (χ2v) is 7.56. The zero-order valence-corrected chi connectivity index (χ0v) is 14.9. The molecule has 21 heavy (non-hydrogen) atoms. The number of nitrogens with one attached hydrogen (secondary N) is 1. The average molecular weight is 398 g/mol. The van der Waals surface area contributed by atoms with Gasteiger partial charge in [0, 0.05) is 21.7 Å². The molecule has 3 nitrogen and oxygen atoms in total. The van der Waals surface area contributed by atoms with Crippen molar-refractivity contribution in [3.8, 4) is 0 Å². The smallest absolute Gasteiger partial charge is 0.252 e. The van der Waals surface area contributed by atoms with Crippen LogP contribution in [-0.4, -0.2) is 36.0 Å². The number of amides is 1. The van der Waals surface area contributed by atoms with Crippen molar-refractivity contribution in [1.29, 1.82) is 0 Å². The third kappa shape index (κ3) is 3.11. The third-order valence-electron chi connectivity index (χ3n) is 5.11. The average Bonchev–Trinajstić information content (AvgIpc) is 2.43. The molecular weight excluding hydrogens is 375 g/mol. The number of halogens is 1. The maximum Gasteiger partial charge on any atom is 0.252 e. The normalized spacial score (nSPS) is 29.2. The number of rotatable bonds is 2. The number of hydrogen-bond acceptors (Lipinski definition) is 2. The van der Waals surface area contributed by atoms with Crippen molar-refractivity contribution in [3.63, 3.8) is 0 Å². The van der Waals surface area contributed by atoms with Gasteiger partial charge in [-0.2, -0.15) is 0 Å². The monoisotopic (exact) mass is 398 g/mol. The highest BCUT2D eigenvalue weighted by Gasteiger charge is 2.36. The summed E-state index contributed by atoms with van der Waals surface area (Å²) in [5.41, 5.74) is 1.99. The largest absolute Gasteiger partial charge is 0.349 e. The van der Waals surface area contributed by atoms with Crippen molar-refractivity contribution in [2.45, 2.75) is 57.2 Å². The molecule has 2 bridgehead atoms. The van der Waals surface area contributed by atoms with E-state index in [1.165, 1.54) is 24.8 Å². The summed E-state index contributed by atoms with van der Waals surface area (Å²) in [7, 11) is 2.25. The van der Waals surface area contributed by atoms with E-state index in [-0.39, 0.29) is 5.91 Å². The molecular formula is C17H23IN2O. The van der Waals surface area contributed by atoms with Crippen LogP contribution in [0.1, 0.15) is 48.0 Å². The highest BCUT2D eigenvalue weighted by atomic mass is 127. The van der Waals surface area contributed by atoms with Crippen LogP contribution in [0.4, 0.5) is 0 Å². The van der Waals surface area contributed by atoms with Crippen LogP contribution in [0, 0.1) is 10.5 Å². The lowest BCUT2D eigenvalue weighted by molar-refractivity contribution is 0.0463. The summed E-state index contributed by atoms with van der Waals surface area (Å²) in [5, 5.41) is 3.28. The van der Waals surface area contributed by atoms with E-state index < -0.39 is 0 Å². The van der Waals surface area contributed by atoms with E-state index in [4.69, 9.17) is 0 Å². The molecule has 2 heterocycles. The Balaban J connectivity index is 1.69. The van der Waals surface area contributed by atoms with Crippen LogP contribution in [0.3, 0.4) is 0 Å². The van der Waals surface area contributed by atoms with E-state index in [1.54, 1.807) is 0 Å². The quantitative estimate of drug-likeness (QED) is 0.776. The maximum absolute atomic E-state index is 12.6. The number of aryl methyl sites for hydroxylation is 1. The van der Waals surface area contributed by atoms with E-state index in [9.17, 15) is 4.79 Å². The first-order valence-corrected chi connectivity index (χ1v) is 8.92. The predicted molar refractivity (Wildman–Crippen MR) is 93.6 cm³/mol. The Morgan fingerprint density at radius 3 is 2.62 bits per heavy atom. The van der Waals surface area contributed by atoms with Gasteiger partial charge in [-0.15, -0.1) is 0 Å². The minimum absolute atomic E-state index is 0.0933. The fourth-order valence-electron chi connectivity index (χ4n) is 3.82. The molecule has 0 spiro atoms. The second kappa shape index (κ2) is 6.24. The minimum atomic E-state index is 0.0933. The molecule has 2 atom stereocenters. The molecule has 0 radical (unpaired) electrons. The van der Waals surface area contributed by atoms with Gasteiger partial charge in [0.25, 0.3) is 5.91 Å². The molecule has 0 aromatic heterocycles. The van der Waals surface area contributed by atoms with Crippen LogP contribution in [0.2, 0.25) is 0 Å². The summed E-state index contributed by atoms with van der Waals surface area (Å²) in [6.07, 6.45) is 6.10. The Bertz CT molecular complexity index is 532. The first kappa shape index (κ1) is 15.3. The van der Waals surface area contributed by atoms with Gasteiger partial charge in [0.2, 0.25) is 0 Å². The lowest BCUT2D eigenvalue weighted by Gasteiger charge is -2.47. The van der Waals surface area contributed by atoms with Crippen molar-refractivity contribution < 1.29 is 4.79 Å². The first-order chi connectivity index (χ1) is 10.1. The van der Waals surface area contributed by atoms with Crippen LogP contribution >= 0.6 is 22.6 Å². The van der Waals surface area contributed by atoms with E-state index in [2.05, 4.69) is 52.8 Å². The highest BCUT2D eigenvalue weighted by Crippen LogP contribution is 2.32. The van der Waals surface area contributed by atoms with E-state index in [0.29, 0.717) is 18.1 Å². The van der Waals surface area contributed by atoms with Gasteiger partial charge >= 0.3 is 0 Å². The summed E-state index contributed by atoms with van der Waals surface area (Å²) in [5.74, 6) is 0.0933. The zero-order valence-electron chi connectivity index (χ0n) is 12.7. The number of carbonyl (C=O) groups excluding carboxylic acids is 1. The highest BCUT2D eigenvalue weighted by molar-refractivity contribution is 14.1. The van der Waals surface area contributed by atoms with E-state index >= 15 is 0 Å². The molecule has 0 saturated carbocycles. The van der Waals surface area contributed by atoms with Crippen LogP contribution < -0.4 is 5.32 Å². The zero-order chi connectivity index (χ0) is 15.0. The van der Waals surface area contributed by atoms with Crippen LogP contribution in [0.25, 0.3) is 0 Å². The topological polar surface area (TPSA) is 32.3 Å². The Kier molecular flexibility index (Phi) is 4.54. The SMILES string of the molecule is Cc1cccc(C(=O)NC2CC3CCCC(C2)N3C)c1I. The Morgan fingerprint density at radius 1 is 1.29 bits per heavy atom. The molecule has 2 aliphatic rings. The molecule has 114 valence electrons. The Labute approximate surface area is 140 Å². The second-order valence-electron chi connectivity index (χ2n) is 6.48. The van der Waals surface area contributed by atoms with Gasteiger partial charge in [0.15, 0.2) is 0 Å². The molecule has 2 aliphatic heterocycles. The lowest BCUT2D eigenvalue weighted by Crippen LogP contribution is -2.55. The van der Waals surface area contributed by atoms with Crippen molar-refractivity contribution in [2.75, 3.05) is 7.05 Å². The standard InChI is InChI=1S/C17H23IN2O/c1-11-5-3-8-15(16(11)18)17(21)19-12-9-13-6-4-7-14(10-12)20(13)2/h3,5,8,12-14H,4,6-7,9-10H2,1-2H3,(H,19,21). The molecule has 4 heteroatoms. The summed E-state index contributed by atoms with van der Waals surface area (Å²) in [6.45, 7) is 2.05. The molecule has 0 aliphatic carbocycles. The Hall–Kier alpha value is -0.620. The van der Waals surface area contributed by atoms with Gasteiger partial charge in [-0.25, -0.2) is 0 Å². The van der Waals surface area contributed by atoms with E-state index in [0.717, 1.165) is 22.0 Å². The van der Waals surface area contributed by atoms with Gasteiger partial charge < -0.3 is 10.2 Å². The predicted octanol–water partition coefficient (Wildman–Crippen LogP) is 3.34. The van der Waals surface area contributed by atoms with E-state index in [1.807, 2.05) is 12.1 Å². The molecule has 2 unspecified atom stereocenters. The summed E-state index contributed by atoms with van der Waals surface area (Å²) >= 11 is 2.28. The van der Waals surface area contributed by atoms with Gasteiger partial charge in [0.05, 0.1) is 5.56 Å². The molecule has 3 rings (SSSR count). The number of carbonyl (C=O) groups is 1. The van der Waals surface area contributed by atoms with Gasteiger partial charge in [-0.05, 0) is 73.9 Å². The fraction of sp³-hybridized carbons (Fsp3) is 0.588. The van der Waals surface area contributed by atoms with Crippen molar-refractivity contribution >= 4 is 28.5 Å². The van der Waals surface area contributed by atoms with Crippen LogP contribution in [0.5, 0.6) is 0 Å². The minimum Gasteiger partial charge on any atom is -0.349 e. The summed E-state index contributed by atoms with van der Waals surface area (Å²) in [6, 6.07) is 7.59. The molecule has 2 fully saturated rings. The molecule has 2 saturated heterocycles. The number of benzene rings is 1. The maximum atomic E-state index is 12.6. The van der Waals surface area contributed by atoms with Gasteiger partial charge in [0.1, 0.15) is 0 Å². The molecule has 1 N–H and O–H groups in total. The third-order valence-corrected chi connectivity index (χ3v) is 6.54. The number of piperidine rings is 2. The molecule has 1 aromatic carbocycles. The van der Waals surface area contributed by atoms with Crippen LogP contribution in [0.15, 0.2) is 18.2 Å². The number of hydrogen-bond donors (Lipinski definition) is 1. The van der Waals surface area contributed by atoms with Crippen LogP contribution in [-0.2, 0) is 0 Å². The summed E-state index contributed by atoms with van der Waals surface area (Å²) < 4.78 is 1.07. The van der Waals surface area contributed by atoms with Gasteiger partial charge in [-0.1, -0.05) is 18.6 Å². The number of fused-ring (bicyclic) bond motifs is 2. The molecule has 1 amide bonds. The lowest BCUT2D eigenvalue weighted by atomic mass is 9.82. The van der Waals surface area contributed by atoms with Gasteiger partial charge in [-0.3, -0.25) is 4.79 Å². The van der Waals surface area contributed by atoms with Crippen molar-refractivity contribution in [3.05, 3.63) is 32.9 Å².